The van der Waals surface area contributed by atoms with Gasteiger partial charge in [-0.2, -0.15) is 0 Å². The van der Waals surface area contributed by atoms with Crippen LogP contribution in [0, 0.1) is 0 Å². The largest absolute Gasteiger partial charge is 0.458 e. The van der Waals surface area contributed by atoms with Crippen LogP contribution in [0.4, 0.5) is 4.79 Å². The Balaban J connectivity index is 3.36. The standard InChI is InChI=1S/C21H32ClNO5/c1-19(2,3)27-17(24)21(7,13-15-9-11-16(22)12-10-15)23(14-26-8)18(25)28-20(4,5)6/h9-12H,13-14H2,1-8H3/t21-/m0/s1. The maximum atomic E-state index is 13.2. The van der Waals surface area contributed by atoms with Crippen molar-refractivity contribution in [2.45, 2.75) is 71.6 Å². The first-order valence-corrected chi connectivity index (χ1v) is 9.53. The number of ether oxygens (including phenoxy) is 3. The zero-order chi connectivity index (χ0) is 21.8. The highest BCUT2D eigenvalue weighted by atomic mass is 35.5. The third-order valence-corrected chi connectivity index (χ3v) is 4.02. The first kappa shape index (κ1) is 24.2. The van der Waals surface area contributed by atoms with E-state index in [0.29, 0.717) is 5.02 Å². The molecule has 1 atom stereocenters. The van der Waals surface area contributed by atoms with Gasteiger partial charge in [0.25, 0.3) is 0 Å². The molecular weight excluding hydrogens is 382 g/mol. The molecule has 0 fully saturated rings. The average molecular weight is 414 g/mol. The second-order valence-corrected chi connectivity index (χ2v) is 9.34. The highest BCUT2D eigenvalue weighted by molar-refractivity contribution is 6.30. The lowest BCUT2D eigenvalue weighted by molar-refractivity contribution is -0.171. The molecule has 1 amide bonds. The van der Waals surface area contributed by atoms with Gasteiger partial charge in [-0.3, -0.25) is 4.90 Å². The van der Waals surface area contributed by atoms with Gasteiger partial charge in [0.15, 0.2) is 0 Å². The zero-order valence-corrected chi connectivity index (χ0v) is 18.8. The molecule has 0 aliphatic carbocycles. The fourth-order valence-corrected chi connectivity index (χ4v) is 2.63. The van der Waals surface area contributed by atoms with Crippen LogP contribution in [0.25, 0.3) is 0 Å². The van der Waals surface area contributed by atoms with Crippen LogP contribution in [0.3, 0.4) is 0 Å². The van der Waals surface area contributed by atoms with E-state index in [1.807, 2.05) is 12.1 Å². The van der Waals surface area contributed by atoms with Crippen molar-refractivity contribution < 1.29 is 23.8 Å². The molecule has 0 radical (unpaired) electrons. The molecule has 0 saturated heterocycles. The molecule has 7 heteroatoms. The third-order valence-electron chi connectivity index (χ3n) is 3.77. The number of rotatable bonds is 6. The minimum absolute atomic E-state index is 0.127. The van der Waals surface area contributed by atoms with Crippen LogP contribution in [0.5, 0.6) is 0 Å². The number of esters is 1. The van der Waals surface area contributed by atoms with E-state index in [1.165, 1.54) is 12.0 Å². The maximum Gasteiger partial charge on any atom is 0.413 e. The Bertz CT molecular complexity index is 676. The number of amides is 1. The van der Waals surface area contributed by atoms with E-state index in [9.17, 15) is 9.59 Å². The van der Waals surface area contributed by atoms with Gasteiger partial charge in [0.1, 0.15) is 23.5 Å². The second-order valence-electron chi connectivity index (χ2n) is 8.91. The van der Waals surface area contributed by atoms with Gasteiger partial charge < -0.3 is 14.2 Å². The Morgan fingerprint density at radius 3 is 1.86 bits per heavy atom. The summed E-state index contributed by atoms with van der Waals surface area (Å²) in [4.78, 5) is 27.4. The lowest BCUT2D eigenvalue weighted by Gasteiger charge is -2.40. The van der Waals surface area contributed by atoms with E-state index in [1.54, 1.807) is 60.6 Å². The van der Waals surface area contributed by atoms with Crippen molar-refractivity contribution in [1.29, 1.82) is 0 Å². The van der Waals surface area contributed by atoms with E-state index < -0.39 is 28.8 Å². The van der Waals surface area contributed by atoms with E-state index in [4.69, 9.17) is 25.8 Å². The molecule has 0 aliphatic heterocycles. The lowest BCUT2D eigenvalue weighted by Crippen LogP contribution is -2.59. The van der Waals surface area contributed by atoms with Crippen LogP contribution in [0.15, 0.2) is 24.3 Å². The van der Waals surface area contributed by atoms with Gasteiger partial charge in [-0.1, -0.05) is 23.7 Å². The zero-order valence-electron chi connectivity index (χ0n) is 18.1. The van der Waals surface area contributed by atoms with Gasteiger partial charge in [0.05, 0.1) is 0 Å². The van der Waals surface area contributed by atoms with E-state index in [2.05, 4.69) is 0 Å². The lowest BCUT2D eigenvalue weighted by atomic mass is 9.91. The van der Waals surface area contributed by atoms with E-state index in [0.717, 1.165) is 5.56 Å². The van der Waals surface area contributed by atoms with Crippen molar-refractivity contribution in [3.63, 3.8) is 0 Å². The van der Waals surface area contributed by atoms with Crippen LogP contribution < -0.4 is 0 Å². The second kappa shape index (κ2) is 9.14. The molecule has 1 aromatic carbocycles. The Labute approximate surface area is 173 Å². The summed E-state index contributed by atoms with van der Waals surface area (Å²) in [5.41, 5.74) is -1.97. The fraction of sp³-hybridized carbons (Fsp3) is 0.619. The van der Waals surface area contributed by atoms with Crippen LogP contribution in [-0.4, -0.2) is 47.5 Å². The Morgan fingerprint density at radius 2 is 1.43 bits per heavy atom. The molecule has 0 spiro atoms. The monoisotopic (exact) mass is 413 g/mol. The van der Waals surface area contributed by atoms with Crippen molar-refractivity contribution in [1.82, 2.24) is 4.90 Å². The number of carbonyl (C=O) groups is 2. The Kier molecular flexibility index (Phi) is 7.91. The van der Waals surface area contributed by atoms with Gasteiger partial charge in [0.2, 0.25) is 0 Å². The molecule has 1 aromatic rings. The minimum atomic E-state index is -1.35. The molecule has 0 N–H and O–H groups in total. The van der Waals surface area contributed by atoms with Crippen molar-refractivity contribution in [2.75, 3.05) is 13.8 Å². The average Bonchev–Trinajstić information content (AvgIpc) is 2.51. The van der Waals surface area contributed by atoms with Crippen molar-refractivity contribution >= 4 is 23.7 Å². The van der Waals surface area contributed by atoms with Gasteiger partial charge in [-0.15, -0.1) is 0 Å². The minimum Gasteiger partial charge on any atom is -0.458 e. The number of nitrogens with zero attached hydrogens (tertiary/aromatic N) is 1. The molecule has 0 saturated carbocycles. The highest BCUT2D eigenvalue weighted by Crippen LogP contribution is 2.28. The number of halogens is 1. The molecule has 158 valence electrons. The van der Waals surface area contributed by atoms with Crippen molar-refractivity contribution in [2.24, 2.45) is 0 Å². The predicted molar refractivity (Wildman–Crippen MR) is 109 cm³/mol. The highest BCUT2D eigenvalue weighted by Gasteiger charge is 2.46. The first-order valence-electron chi connectivity index (χ1n) is 9.15. The van der Waals surface area contributed by atoms with Crippen LogP contribution in [0.2, 0.25) is 5.02 Å². The van der Waals surface area contributed by atoms with Crippen molar-refractivity contribution in [3.8, 4) is 0 Å². The van der Waals surface area contributed by atoms with Crippen LogP contribution in [0.1, 0.15) is 54.0 Å². The Hall–Kier alpha value is -1.79. The molecule has 0 aliphatic rings. The summed E-state index contributed by atoms with van der Waals surface area (Å²) in [6, 6.07) is 7.09. The van der Waals surface area contributed by atoms with E-state index in [-0.39, 0.29) is 13.2 Å². The van der Waals surface area contributed by atoms with Crippen molar-refractivity contribution in [3.05, 3.63) is 34.9 Å². The molecule has 1 rings (SSSR count). The summed E-state index contributed by atoms with van der Waals surface area (Å²) < 4.78 is 16.4. The number of hydrogen-bond donors (Lipinski definition) is 0. The first-order chi connectivity index (χ1) is 12.7. The third kappa shape index (κ3) is 7.32. The SMILES string of the molecule is COCN(C(=O)OC(C)(C)C)[C@@](C)(Cc1ccc(Cl)cc1)C(=O)OC(C)(C)C. The van der Waals surface area contributed by atoms with Gasteiger partial charge >= 0.3 is 12.1 Å². The molecule has 0 heterocycles. The van der Waals surface area contributed by atoms with Gasteiger partial charge in [0, 0.05) is 18.6 Å². The van der Waals surface area contributed by atoms with Crippen LogP contribution >= 0.6 is 11.6 Å². The summed E-state index contributed by atoms with van der Waals surface area (Å²) in [6.07, 6.45) is -0.446. The Morgan fingerprint density at radius 1 is 0.929 bits per heavy atom. The molecular formula is C21H32ClNO5. The molecule has 0 unspecified atom stereocenters. The number of methoxy groups -OCH3 is 1. The van der Waals surface area contributed by atoms with Gasteiger partial charge in [-0.05, 0) is 66.2 Å². The van der Waals surface area contributed by atoms with E-state index >= 15 is 0 Å². The number of benzene rings is 1. The normalized spacial score (nSPS) is 14.2. The quantitative estimate of drug-likeness (QED) is 0.494. The maximum absolute atomic E-state index is 13.2. The summed E-state index contributed by atoms with van der Waals surface area (Å²) >= 11 is 5.97. The smallest absolute Gasteiger partial charge is 0.413 e. The summed E-state index contributed by atoms with van der Waals surface area (Å²) in [5.74, 6) is -0.544. The summed E-state index contributed by atoms with van der Waals surface area (Å²) in [5, 5.41) is 0.587. The summed E-state index contributed by atoms with van der Waals surface area (Å²) in [6.45, 7) is 12.2. The molecule has 6 nitrogen and oxygen atoms in total. The van der Waals surface area contributed by atoms with Gasteiger partial charge in [-0.25, -0.2) is 9.59 Å². The molecule has 0 bridgehead atoms. The van der Waals surface area contributed by atoms with Crippen LogP contribution in [-0.2, 0) is 25.4 Å². The number of hydrogen-bond acceptors (Lipinski definition) is 5. The summed E-state index contributed by atoms with van der Waals surface area (Å²) in [7, 11) is 1.45. The number of carbonyl (C=O) groups excluding carboxylic acids is 2. The topological polar surface area (TPSA) is 65.1 Å². The molecule has 0 aromatic heterocycles. The molecule has 28 heavy (non-hydrogen) atoms. The predicted octanol–water partition coefficient (Wildman–Crippen LogP) is 4.82. The fourth-order valence-electron chi connectivity index (χ4n) is 2.51.